The molecule has 0 saturated heterocycles. The molecule has 0 heteroatoms. The van der Waals surface area contributed by atoms with E-state index in [1.807, 2.05) is 0 Å². The molecule has 1 aliphatic rings. The van der Waals surface area contributed by atoms with Gasteiger partial charge in [-0.1, -0.05) is 97.1 Å². The zero-order valence-electron chi connectivity index (χ0n) is 20.8. The van der Waals surface area contributed by atoms with Crippen LogP contribution >= 0.6 is 0 Å². The second-order valence-corrected chi connectivity index (χ2v) is 10.8. The molecule has 164 valence electrons. The molecule has 0 fully saturated rings. The second-order valence-electron chi connectivity index (χ2n) is 10.8. The van der Waals surface area contributed by atoms with Gasteiger partial charge >= 0.3 is 0 Å². The molecule has 0 bridgehead atoms. The van der Waals surface area contributed by atoms with Gasteiger partial charge in [-0.15, -0.1) is 0 Å². The van der Waals surface area contributed by atoms with E-state index >= 15 is 0 Å². The summed E-state index contributed by atoms with van der Waals surface area (Å²) in [4.78, 5) is 0. The van der Waals surface area contributed by atoms with Crippen LogP contribution < -0.4 is 0 Å². The Balaban J connectivity index is 2.81. The maximum Gasteiger partial charge on any atom is -0.0101 e. The summed E-state index contributed by atoms with van der Waals surface area (Å²) in [5.41, 5.74) is 7.03. The normalized spacial score (nSPS) is 20.2. The van der Waals surface area contributed by atoms with E-state index in [2.05, 4.69) is 55.4 Å². The Bertz CT molecular complexity index is 496. The van der Waals surface area contributed by atoms with Crippen molar-refractivity contribution in [1.29, 1.82) is 0 Å². The first kappa shape index (κ1) is 25.5. The molecule has 0 amide bonds. The third-order valence-electron chi connectivity index (χ3n) is 7.18. The van der Waals surface area contributed by atoms with Gasteiger partial charge in [0.15, 0.2) is 0 Å². The molecule has 1 atom stereocenters. The van der Waals surface area contributed by atoms with Gasteiger partial charge in [-0.3, -0.25) is 0 Å². The Morgan fingerprint density at radius 2 is 1.54 bits per heavy atom. The molecule has 0 N–H and O–H groups in total. The minimum atomic E-state index is 0.332. The minimum Gasteiger partial charge on any atom is -0.0729 e. The van der Waals surface area contributed by atoms with Crippen molar-refractivity contribution in [3.63, 3.8) is 0 Å². The first-order valence-corrected chi connectivity index (χ1v) is 12.6. The SMILES string of the molecule is CCCCCCCCCCC(=C(C)C)C1=C(C)CC(C(C)C)CCCC1(C)C. The fourth-order valence-electron chi connectivity index (χ4n) is 5.40. The largest absolute Gasteiger partial charge is 0.0729 e. The highest BCUT2D eigenvalue weighted by molar-refractivity contribution is 5.42. The van der Waals surface area contributed by atoms with E-state index in [0.717, 1.165) is 11.8 Å². The predicted molar refractivity (Wildman–Crippen MR) is 129 cm³/mol. The van der Waals surface area contributed by atoms with Crippen LogP contribution in [0.1, 0.15) is 139 Å². The molecule has 0 radical (unpaired) electrons. The molecule has 1 unspecified atom stereocenters. The lowest BCUT2D eigenvalue weighted by molar-refractivity contribution is 0.292. The zero-order chi connectivity index (χ0) is 21.2. The number of unbranched alkanes of at least 4 members (excludes halogenated alkanes) is 7. The highest BCUT2D eigenvalue weighted by Gasteiger charge is 2.31. The highest BCUT2D eigenvalue weighted by Crippen LogP contribution is 2.45. The van der Waals surface area contributed by atoms with E-state index < -0.39 is 0 Å². The molecule has 0 spiro atoms. The van der Waals surface area contributed by atoms with Crippen molar-refractivity contribution >= 4 is 0 Å². The number of hydrogen-bond acceptors (Lipinski definition) is 0. The van der Waals surface area contributed by atoms with Crippen molar-refractivity contribution < 1.29 is 0 Å². The molecule has 28 heavy (non-hydrogen) atoms. The van der Waals surface area contributed by atoms with Crippen LogP contribution in [0.2, 0.25) is 0 Å². The average molecular weight is 389 g/mol. The highest BCUT2D eigenvalue weighted by atomic mass is 14.4. The van der Waals surface area contributed by atoms with E-state index in [1.54, 1.807) is 22.3 Å². The molecule has 1 aliphatic carbocycles. The van der Waals surface area contributed by atoms with E-state index in [9.17, 15) is 0 Å². The number of hydrogen-bond donors (Lipinski definition) is 0. The fourth-order valence-corrected chi connectivity index (χ4v) is 5.40. The van der Waals surface area contributed by atoms with Gasteiger partial charge in [0.25, 0.3) is 0 Å². The van der Waals surface area contributed by atoms with Crippen molar-refractivity contribution in [2.24, 2.45) is 17.3 Å². The molecule has 0 aliphatic heterocycles. The molecule has 0 aromatic rings. The fraction of sp³-hybridized carbons (Fsp3) is 0.857. The monoisotopic (exact) mass is 388 g/mol. The first-order chi connectivity index (χ1) is 13.2. The first-order valence-electron chi connectivity index (χ1n) is 12.6. The van der Waals surface area contributed by atoms with Crippen LogP contribution in [0.3, 0.4) is 0 Å². The summed E-state index contributed by atoms with van der Waals surface area (Å²) in [6.45, 7) is 19.3. The van der Waals surface area contributed by atoms with Gasteiger partial charge in [0, 0.05) is 0 Å². The summed E-state index contributed by atoms with van der Waals surface area (Å²) in [7, 11) is 0. The van der Waals surface area contributed by atoms with Crippen LogP contribution in [0.4, 0.5) is 0 Å². The Labute approximate surface area is 178 Å². The van der Waals surface area contributed by atoms with E-state index in [1.165, 1.54) is 83.5 Å². The Morgan fingerprint density at radius 3 is 2.07 bits per heavy atom. The van der Waals surface area contributed by atoms with Crippen molar-refractivity contribution in [3.8, 4) is 0 Å². The van der Waals surface area contributed by atoms with Gasteiger partial charge in [-0.05, 0) is 81.3 Å². The van der Waals surface area contributed by atoms with Gasteiger partial charge in [0.2, 0.25) is 0 Å². The molecule has 0 nitrogen and oxygen atoms in total. The van der Waals surface area contributed by atoms with Crippen LogP contribution in [0.5, 0.6) is 0 Å². The van der Waals surface area contributed by atoms with E-state index in [4.69, 9.17) is 0 Å². The van der Waals surface area contributed by atoms with Gasteiger partial charge in [0.05, 0.1) is 0 Å². The van der Waals surface area contributed by atoms with Gasteiger partial charge in [-0.2, -0.15) is 0 Å². The Hall–Kier alpha value is -0.520. The zero-order valence-corrected chi connectivity index (χ0v) is 20.8. The van der Waals surface area contributed by atoms with Crippen LogP contribution in [0, 0.1) is 17.3 Å². The third-order valence-corrected chi connectivity index (χ3v) is 7.18. The standard InChI is InChI=1S/C28H52/c1-9-10-11-12-13-14-15-16-19-26(23(4)5)27-24(6)21-25(22(2)3)18-17-20-28(27,7)8/h22,25H,9-21H2,1-8H3. The molecule has 0 aromatic heterocycles. The lowest BCUT2D eigenvalue weighted by Crippen LogP contribution is -2.23. The predicted octanol–water partition coefficient (Wildman–Crippen LogP) is 10.0. The third kappa shape index (κ3) is 8.46. The molecule has 0 aromatic carbocycles. The summed E-state index contributed by atoms with van der Waals surface area (Å²) in [5, 5.41) is 0. The quantitative estimate of drug-likeness (QED) is 0.309. The smallest absolute Gasteiger partial charge is 0.0101 e. The summed E-state index contributed by atoms with van der Waals surface area (Å²) in [5.74, 6) is 1.67. The Kier molecular flexibility index (Phi) is 11.8. The topological polar surface area (TPSA) is 0 Å². The van der Waals surface area contributed by atoms with Gasteiger partial charge in [-0.25, -0.2) is 0 Å². The van der Waals surface area contributed by atoms with Gasteiger partial charge in [0.1, 0.15) is 0 Å². The van der Waals surface area contributed by atoms with Crippen molar-refractivity contribution in [2.45, 2.75) is 139 Å². The van der Waals surface area contributed by atoms with Crippen LogP contribution in [0.15, 0.2) is 22.3 Å². The molecular formula is C28H52. The van der Waals surface area contributed by atoms with Crippen LogP contribution in [-0.4, -0.2) is 0 Å². The maximum absolute atomic E-state index is 2.51. The minimum absolute atomic E-state index is 0.332. The maximum atomic E-state index is 2.51. The lowest BCUT2D eigenvalue weighted by Gasteiger charge is -2.37. The van der Waals surface area contributed by atoms with E-state index in [-0.39, 0.29) is 0 Å². The van der Waals surface area contributed by atoms with Crippen molar-refractivity contribution in [3.05, 3.63) is 22.3 Å². The van der Waals surface area contributed by atoms with E-state index in [0.29, 0.717) is 5.41 Å². The number of rotatable bonds is 11. The molecular weight excluding hydrogens is 336 g/mol. The molecule has 0 heterocycles. The van der Waals surface area contributed by atoms with Crippen LogP contribution in [-0.2, 0) is 0 Å². The molecule has 0 saturated carbocycles. The number of allylic oxidation sites excluding steroid dienone is 4. The molecule has 1 rings (SSSR count). The van der Waals surface area contributed by atoms with Crippen molar-refractivity contribution in [2.75, 3.05) is 0 Å². The van der Waals surface area contributed by atoms with Gasteiger partial charge < -0.3 is 0 Å². The summed E-state index contributed by atoms with van der Waals surface area (Å²) >= 11 is 0. The summed E-state index contributed by atoms with van der Waals surface area (Å²) in [6.07, 6.45) is 18.0. The second kappa shape index (κ2) is 12.9. The van der Waals surface area contributed by atoms with Crippen molar-refractivity contribution in [1.82, 2.24) is 0 Å². The Morgan fingerprint density at radius 1 is 0.964 bits per heavy atom. The summed E-state index contributed by atoms with van der Waals surface area (Å²) in [6, 6.07) is 0. The lowest BCUT2D eigenvalue weighted by atomic mass is 9.68. The summed E-state index contributed by atoms with van der Waals surface area (Å²) < 4.78 is 0. The van der Waals surface area contributed by atoms with Crippen LogP contribution in [0.25, 0.3) is 0 Å². The average Bonchev–Trinajstić information content (AvgIpc) is 2.60.